The highest BCUT2D eigenvalue weighted by Crippen LogP contribution is 2.42. The zero-order valence-electron chi connectivity index (χ0n) is 20.4. The minimum Gasteiger partial charge on any atom is -0.355 e. The Labute approximate surface area is 211 Å². The number of hydrogen-bond acceptors (Lipinski definition) is 8. The van der Waals surface area contributed by atoms with E-state index in [1.165, 1.54) is 18.4 Å². The van der Waals surface area contributed by atoms with Gasteiger partial charge in [-0.1, -0.05) is 0 Å². The van der Waals surface area contributed by atoms with E-state index in [0.717, 1.165) is 43.3 Å². The number of carbonyl (C=O) groups is 1. The molecule has 1 aliphatic heterocycles. The van der Waals surface area contributed by atoms with Gasteiger partial charge in [0.25, 0.3) is 0 Å². The zero-order valence-corrected chi connectivity index (χ0v) is 20.4. The van der Waals surface area contributed by atoms with E-state index in [-0.39, 0.29) is 5.91 Å². The molecule has 36 heavy (non-hydrogen) atoms. The van der Waals surface area contributed by atoms with Crippen molar-refractivity contribution in [3.05, 3.63) is 59.9 Å². The maximum absolute atomic E-state index is 11.9. The summed E-state index contributed by atoms with van der Waals surface area (Å²) in [5.41, 5.74) is 3.63. The second kappa shape index (κ2) is 10.7. The van der Waals surface area contributed by atoms with E-state index in [1.54, 1.807) is 18.3 Å². The molecule has 2 aliphatic rings. The number of nitrogens with one attached hydrogen (secondary N) is 2. The molecule has 1 amide bonds. The Kier molecular flexibility index (Phi) is 7.05. The van der Waals surface area contributed by atoms with Crippen LogP contribution in [0, 0.1) is 11.3 Å². The van der Waals surface area contributed by atoms with Crippen LogP contribution in [-0.4, -0.2) is 65.0 Å². The molecule has 1 saturated heterocycles. The third-order valence-corrected chi connectivity index (χ3v) is 6.52. The summed E-state index contributed by atoms with van der Waals surface area (Å²) >= 11 is 0. The van der Waals surface area contributed by atoms with Crippen molar-refractivity contribution in [3.63, 3.8) is 0 Å². The van der Waals surface area contributed by atoms with Gasteiger partial charge in [-0.3, -0.25) is 9.69 Å². The SMILES string of the molecule is CCNC(=O)CN1CCN(c2ccc(-c3cc(C4CC4)cc(Nc4cc(C#N)ccn4)n3)cn2)CC1. The van der Waals surface area contributed by atoms with Gasteiger partial charge in [0.1, 0.15) is 17.5 Å². The monoisotopic (exact) mass is 482 g/mol. The van der Waals surface area contributed by atoms with E-state index in [4.69, 9.17) is 9.97 Å². The number of carbonyl (C=O) groups excluding carboxylic acids is 1. The molecule has 9 nitrogen and oxygen atoms in total. The number of piperazine rings is 1. The minimum atomic E-state index is 0.0803. The van der Waals surface area contributed by atoms with Crippen molar-refractivity contribution in [3.8, 4) is 17.3 Å². The lowest BCUT2D eigenvalue weighted by atomic mass is 10.1. The van der Waals surface area contributed by atoms with Crippen LogP contribution < -0.4 is 15.5 Å². The molecule has 5 rings (SSSR count). The Hall–Kier alpha value is -4.03. The number of aromatic nitrogens is 3. The van der Waals surface area contributed by atoms with Crippen molar-refractivity contribution in [2.24, 2.45) is 0 Å². The van der Waals surface area contributed by atoms with E-state index in [1.807, 2.05) is 19.2 Å². The molecule has 3 aromatic heterocycles. The van der Waals surface area contributed by atoms with Crippen molar-refractivity contribution in [2.45, 2.75) is 25.7 Å². The van der Waals surface area contributed by atoms with Gasteiger partial charge in [-0.2, -0.15) is 5.26 Å². The van der Waals surface area contributed by atoms with E-state index >= 15 is 0 Å². The Bertz CT molecular complexity index is 1260. The van der Waals surface area contributed by atoms with E-state index < -0.39 is 0 Å². The van der Waals surface area contributed by atoms with Gasteiger partial charge in [0.2, 0.25) is 5.91 Å². The lowest BCUT2D eigenvalue weighted by Gasteiger charge is -2.35. The Morgan fingerprint density at radius 3 is 2.61 bits per heavy atom. The number of nitriles is 1. The van der Waals surface area contributed by atoms with Gasteiger partial charge in [0.15, 0.2) is 0 Å². The largest absolute Gasteiger partial charge is 0.355 e. The second-order valence-electron chi connectivity index (χ2n) is 9.23. The van der Waals surface area contributed by atoms with Crippen LogP contribution in [-0.2, 0) is 4.79 Å². The predicted molar refractivity (Wildman–Crippen MR) is 139 cm³/mol. The highest BCUT2D eigenvalue weighted by Gasteiger charge is 2.25. The molecule has 0 atom stereocenters. The summed E-state index contributed by atoms with van der Waals surface area (Å²) in [7, 11) is 0. The van der Waals surface area contributed by atoms with Gasteiger partial charge in [-0.25, -0.2) is 15.0 Å². The van der Waals surface area contributed by atoms with Gasteiger partial charge in [-0.15, -0.1) is 0 Å². The summed E-state index contributed by atoms with van der Waals surface area (Å²) < 4.78 is 0. The van der Waals surface area contributed by atoms with Crippen LogP contribution >= 0.6 is 0 Å². The third kappa shape index (κ3) is 5.78. The maximum Gasteiger partial charge on any atom is 0.234 e. The van der Waals surface area contributed by atoms with Crippen molar-refractivity contribution < 1.29 is 4.79 Å². The van der Waals surface area contributed by atoms with Crippen LogP contribution in [0.5, 0.6) is 0 Å². The fourth-order valence-electron chi connectivity index (χ4n) is 4.43. The standard InChI is InChI=1S/C27H30N8O/c1-2-29-27(36)18-34-9-11-35(12-10-34)26-6-5-21(17-31-26)23-14-22(20-3-4-20)15-25(32-23)33-24-13-19(16-28)7-8-30-24/h5-8,13-15,17,20H,2-4,9-12,18H2,1H3,(H,29,36)(H,30,32,33). The predicted octanol–water partition coefficient (Wildman–Crippen LogP) is 3.29. The topological polar surface area (TPSA) is 110 Å². The van der Waals surface area contributed by atoms with Crippen LogP contribution in [0.15, 0.2) is 48.8 Å². The highest BCUT2D eigenvalue weighted by molar-refractivity contribution is 5.78. The lowest BCUT2D eigenvalue weighted by Crippen LogP contribution is -2.49. The molecule has 2 N–H and O–H groups in total. The summed E-state index contributed by atoms with van der Waals surface area (Å²) in [6, 6.07) is 13.9. The molecule has 9 heteroatoms. The molecule has 0 unspecified atom stereocenters. The van der Waals surface area contributed by atoms with Gasteiger partial charge < -0.3 is 15.5 Å². The molecule has 184 valence electrons. The van der Waals surface area contributed by atoms with Gasteiger partial charge in [0.05, 0.1) is 23.9 Å². The first-order valence-corrected chi connectivity index (χ1v) is 12.5. The Balaban J connectivity index is 1.29. The molecular formula is C27H30N8O. The Morgan fingerprint density at radius 1 is 1.08 bits per heavy atom. The van der Waals surface area contributed by atoms with Crippen molar-refractivity contribution in [1.82, 2.24) is 25.2 Å². The van der Waals surface area contributed by atoms with Crippen LogP contribution in [0.2, 0.25) is 0 Å². The first-order valence-electron chi connectivity index (χ1n) is 12.5. The van der Waals surface area contributed by atoms with Crippen molar-refractivity contribution in [2.75, 3.05) is 49.5 Å². The quantitative estimate of drug-likeness (QED) is 0.503. The first-order chi connectivity index (χ1) is 17.6. The molecule has 0 aromatic carbocycles. The highest BCUT2D eigenvalue weighted by atomic mass is 16.2. The number of anilines is 3. The van der Waals surface area contributed by atoms with Gasteiger partial charge in [0, 0.05) is 50.7 Å². The Morgan fingerprint density at radius 2 is 1.92 bits per heavy atom. The lowest BCUT2D eigenvalue weighted by molar-refractivity contribution is -0.122. The molecule has 0 spiro atoms. The normalized spacial score (nSPS) is 15.8. The first kappa shape index (κ1) is 23.7. The summed E-state index contributed by atoms with van der Waals surface area (Å²) in [5.74, 6) is 2.89. The summed E-state index contributed by atoms with van der Waals surface area (Å²) in [4.78, 5) is 30.2. The summed E-state index contributed by atoms with van der Waals surface area (Å²) in [6.07, 6.45) is 5.88. The van der Waals surface area contributed by atoms with Crippen molar-refractivity contribution >= 4 is 23.4 Å². The molecule has 0 radical (unpaired) electrons. The minimum absolute atomic E-state index is 0.0803. The smallest absolute Gasteiger partial charge is 0.234 e. The van der Waals surface area contributed by atoms with Crippen molar-refractivity contribution in [1.29, 1.82) is 5.26 Å². The number of amides is 1. The van der Waals surface area contributed by atoms with Crippen LogP contribution in [0.3, 0.4) is 0 Å². The summed E-state index contributed by atoms with van der Waals surface area (Å²) in [5, 5.41) is 15.3. The second-order valence-corrected chi connectivity index (χ2v) is 9.23. The van der Waals surface area contributed by atoms with Crippen LogP contribution in [0.25, 0.3) is 11.3 Å². The van der Waals surface area contributed by atoms with Gasteiger partial charge >= 0.3 is 0 Å². The molecule has 0 bridgehead atoms. The molecule has 3 aromatic rings. The average molecular weight is 483 g/mol. The molecule has 1 aliphatic carbocycles. The molecule has 1 saturated carbocycles. The number of rotatable bonds is 8. The fraction of sp³-hybridized carbons (Fsp3) is 0.370. The van der Waals surface area contributed by atoms with Crippen LogP contribution in [0.1, 0.15) is 36.8 Å². The zero-order chi connectivity index (χ0) is 24.9. The number of pyridine rings is 3. The molecule has 2 fully saturated rings. The average Bonchev–Trinajstić information content (AvgIpc) is 3.75. The number of hydrogen-bond donors (Lipinski definition) is 2. The fourth-order valence-corrected chi connectivity index (χ4v) is 4.43. The summed E-state index contributed by atoms with van der Waals surface area (Å²) in [6.45, 7) is 6.39. The third-order valence-electron chi connectivity index (χ3n) is 6.52. The maximum atomic E-state index is 11.9. The number of likely N-dealkylation sites (N-methyl/N-ethyl adjacent to an activating group) is 1. The number of nitrogens with zero attached hydrogens (tertiary/aromatic N) is 6. The van der Waals surface area contributed by atoms with Gasteiger partial charge in [-0.05, 0) is 67.6 Å². The van der Waals surface area contributed by atoms with E-state index in [9.17, 15) is 10.1 Å². The van der Waals surface area contributed by atoms with E-state index in [2.05, 4.69) is 49.7 Å². The molecular weight excluding hydrogens is 452 g/mol. The molecule has 4 heterocycles. The van der Waals surface area contributed by atoms with Crippen LogP contribution in [0.4, 0.5) is 17.5 Å². The van der Waals surface area contributed by atoms with E-state index in [0.29, 0.717) is 36.2 Å².